The number of ether oxygens (including phenoxy) is 1. The van der Waals surface area contributed by atoms with Crippen LogP contribution in [0.15, 0.2) is 18.3 Å². The lowest BCUT2D eigenvalue weighted by Gasteiger charge is -2.26. The molecular formula is C9H9FN2O2. The molecule has 4 nitrogen and oxygen atoms in total. The van der Waals surface area contributed by atoms with Gasteiger partial charge in [0.15, 0.2) is 0 Å². The van der Waals surface area contributed by atoms with Crippen LogP contribution in [0.3, 0.4) is 0 Å². The standard InChI is InChI=1S/C9H9FN2O2/c10-8-3-6(1-2-11-8)9(13)12-7-4-14-5-7/h1-3,7H,4-5H2,(H,12,13). The van der Waals surface area contributed by atoms with Crippen LogP contribution in [0.1, 0.15) is 10.4 Å². The van der Waals surface area contributed by atoms with Gasteiger partial charge in [0, 0.05) is 17.8 Å². The molecule has 1 saturated heterocycles. The molecule has 2 heterocycles. The van der Waals surface area contributed by atoms with E-state index in [1.807, 2.05) is 0 Å². The smallest absolute Gasteiger partial charge is 0.251 e. The van der Waals surface area contributed by atoms with Crippen molar-refractivity contribution in [2.24, 2.45) is 0 Å². The molecule has 0 saturated carbocycles. The molecule has 1 aliphatic rings. The van der Waals surface area contributed by atoms with E-state index in [0.717, 1.165) is 6.07 Å². The van der Waals surface area contributed by atoms with Crippen LogP contribution in [0.25, 0.3) is 0 Å². The fraction of sp³-hybridized carbons (Fsp3) is 0.333. The summed E-state index contributed by atoms with van der Waals surface area (Å²) in [4.78, 5) is 14.8. The van der Waals surface area contributed by atoms with Gasteiger partial charge in [0.2, 0.25) is 5.95 Å². The maximum absolute atomic E-state index is 12.6. The first-order valence-electron chi connectivity index (χ1n) is 4.26. The van der Waals surface area contributed by atoms with Crippen LogP contribution in [0.5, 0.6) is 0 Å². The Morgan fingerprint density at radius 2 is 2.43 bits per heavy atom. The SMILES string of the molecule is O=C(NC1COC1)c1ccnc(F)c1. The lowest BCUT2D eigenvalue weighted by Crippen LogP contribution is -2.48. The van der Waals surface area contributed by atoms with E-state index in [4.69, 9.17) is 4.74 Å². The molecule has 5 heteroatoms. The Morgan fingerprint density at radius 3 is 3.00 bits per heavy atom. The summed E-state index contributed by atoms with van der Waals surface area (Å²) >= 11 is 0. The van der Waals surface area contributed by atoms with Gasteiger partial charge in [-0.3, -0.25) is 4.79 Å². The average molecular weight is 196 g/mol. The summed E-state index contributed by atoms with van der Waals surface area (Å²) in [7, 11) is 0. The number of hydrogen-bond acceptors (Lipinski definition) is 3. The van der Waals surface area contributed by atoms with Crippen LogP contribution >= 0.6 is 0 Å². The fourth-order valence-corrected chi connectivity index (χ4v) is 1.13. The second kappa shape index (κ2) is 3.71. The normalized spacial score (nSPS) is 16.1. The lowest BCUT2D eigenvalue weighted by atomic mass is 10.2. The molecule has 0 atom stereocenters. The van der Waals surface area contributed by atoms with Gasteiger partial charge >= 0.3 is 0 Å². The third-order valence-corrected chi connectivity index (χ3v) is 1.96. The monoisotopic (exact) mass is 196 g/mol. The molecule has 1 amide bonds. The molecule has 1 aromatic heterocycles. The highest BCUT2D eigenvalue weighted by Crippen LogP contribution is 2.04. The molecular weight excluding hydrogens is 187 g/mol. The molecule has 0 spiro atoms. The van der Waals surface area contributed by atoms with E-state index < -0.39 is 5.95 Å². The van der Waals surface area contributed by atoms with Crippen molar-refractivity contribution in [1.82, 2.24) is 10.3 Å². The number of carbonyl (C=O) groups is 1. The summed E-state index contributed by atoms with van der Waals surface area (Å²) < 4.78 is 17.5. The summed E-state index contributed by atoms with van der Waals surface area (Å²) in [6, 6.07) is 2.63. The van der Waals surface area contributed by atoms with E-state index in [2.05, 4.69) is 10.3 Å². The van der Waals surface area contributed by atoms with Crippen LogP contribution in [0.4, 0.5) is 4.39 Å². The van der Waals surface area contributed by atoms with Crippen LogP contribution in [0.2, 0.25) is 0 Å². The second-order valence-electron chi connectivity index (χ2n) is 3.08. The molecule has 1 aliphatic heterocycles. The number of nitrogens with zero attached hydrogens (tertiary/aromatic N) is 1. The van der Waals surface area contributed by atoms with Gasteiger partial charge in [-0.05, 0) is 6.07 Å². The zero-order valence-electron chi connectivity index (χ0n) is 7.37. The van der Waals surface area contributed by atoms with Crippen molar-refractivity contribution < 1.29 is 13.9 Å². The maximum atomic E-state index is 12.6. The van der Waals surface area contributed by atoms with Crippen LogP contribution in [-0.4, -0.2) is 30.1 Å². The number of carbonyl (C=O) groups excluding carboxylic acids is 1. The third kappa shape index (κ3) is 1.88. The number of amides is 1. The molecule has 1 aromatic rings. The predicted molar refractivity (Wildman–Crippen MR) is 46.3 cm³/mol. The Kier molecular flexibility index (Phi) is 2.41. The second-order valence-corrected chi connectivity index (χ2v) is 3.08. The number of pyridine rings is 1. The van der Waals surface area contributed by atoms with Gasteiger partial charge in [-0.2, -0.15) is 4.39 Å². The van der Waals surface area contributed by atoms with Gasteiger partial charge in [-0.15, -0.1) is 0 Å². The van der Waals surface area contributed by atoms with E-state index >= 15 is 0 Å². The molecule has 0 aliphatic carbocycles. The zero-order chi connectivity index (χ0) is 9.97. The topological polar surface area (TPSA) is 51.2 Å². The minimum absolute atomic E-state index is 0.0544. The number of rotatable bonds is 2. The van der Waals surface area contributed by atoms with Crippen molar-refractivity contribution >= 4 is 5.91 Å². The van der Waals surface area contributed by atoms with Crippen molar-refractivity contribution in [2.75, 3.05) is 13.2 Å². The largest absolute Gasteiger partial charge is 0.377 e. The Bertz CT molecular complexity index is 352. The number of hydrogen-bond donors (Lipinski definition) is 1. The quantitative estimate of drug-likeness (QED) is 0.694. The molecule has 0 radical (unpaired) electrons. The van der Waals surface area contributed by atoms with Crippen molar-refractivity contribution in [3.8, 4) is 0 Å². The molecule has 0 aromatic carbocycles. The van der Waals surface area contributed by atoms with E-state index in [1.54, 1.807) is 0 Å². The van der Waals surface area contributed by atoms with E-state index in [9.17, 15) is 9.18 Å². The third-order valence-electron chi connectivity index (χ3n) is 1.96. The molecule has 14 heavy (non-hydrogen) atoms. The number of aromatic nitrogens is 1. The molecule has 1 fully saturated rings. The molecule has 0 unspecified atom stereocenters. The van der Waals surface area contributed by atoms with Crippen molar-refractivity contribution in [3.63, 3.8) is 0 Å². The van der Waals surface area contributed by atoms with Crippen LogP contribution < -0.4 is 5.32 Å². The maximum Gasteiger partial charge on any atom is 0.251 e. The first kappa shape index (κ1) is 9.08. The minimum Gasteiger partial charge on any atom is -0.377 e. The van der Waals surface area contributed by atoms with Crippen LogP contribution in [-0.2, 0) is 4.74 Å². The molecule has 74 valence electrons. The van der Waals surface area contributed by atoms with Crippen LogP contribution in [0, 0.1) is 5.95 Å². The molecule has 2 rings (SSSR count). The average Bonchev–Trinajstić information content (AvgIpc) is 2.11. The zero-order valence-corrected chi connectivity index (χ0v) is 7.37. The molecule has 1 N–H and O–H groups in total. The van der Waals surface area contributed by atoms with Gasteiger partial charge in [-0.25, -0.2) is 4.98 Å². The Hall–Kier alpha value is -1.49. The number of halogens is 1. The Morgan fingerprint density at radius 1 is 1.64 bits per heavy atom. The highest BCUT2D eigenvalue weighted by Gasteiger charge is 2.20. The Balaban J connectivity index is 2.02. The first-order valence-corrected chi connectivity index (χ1v) is 4.26. The van der Waals surface area contributed by atoms with Crippen molar-refractivity contribution in [1.29, 1.82) is 0 Å². The van der Waals surface area contributed by atoms with E-state index in [0.29, 0.717) is 13.2 Å². The molecule has 0 bridgehead atoms. The van der Waals surface area contributed by atoms with Crippen molar-refractivity contribution in [2.45, 2.75) is 6.04 Å². The Labute approximate surface area is 80.1 Å². The summed E-state index contributed by atoms with van der Waals surface area (Å²) in [5.41, 5.74) is 0.282. The highest BCUT2D eigenvalue weighted by atomic mass is 19.1. The van der Waals surface area contributed by atoms with Crippen molar-refractivity contribution in [3.05, 3.63) is 29.8 Å². The number of nitrogens with one attached hydrogen (secondary N) is 1. The minimum atomic E-state index is -0.650. The summed E-state index contributed by atoms with van der Waals surface area (Å²) in [5, 5.41) is 2.70. The summed E-state index contributed by atoms with van der Waals surface area (Å²) in [6.07, 6.45) is 1.27. The fourth-order valence-electron chi connectivity index (χ4n) is 1.13. The highest BCUT2D eigenvalue weighted by molar-refractivity contribution is 5.94. The van der Waals surface area contributed by atoms with Gasteiger partial charge in [0.1, 0.15) is 0 Å². The van der Waals surface area contributed by atoms with E-state index in [1.165, 1.54) is 12.3 Å². The summed E-state index contributed by atoms with van der Waals surface area (Å²) in [5.74, 6) is -0.942. The predicted octanol–water partition coefficient (Wildman–Crippen LogP) is 0.349. The van der Waals surface area contributed by atoms with Gasteiger partial charge < -0.3 is 10.1 Å². The lowest BCUT2D eigenvalue weighted by molar-refractivity contribution is -0.00347. The first-order chi connectivity index (χ1) is 6.75. The van der Waals surface area contributed by atoms with E-state index in [-0.39, 0.29) is 17.5 Å². The van der Waals surface area contributed by atoms with Gasteiger partial charge in [-0.1, -0.05) is 0 Å². The van der Waals surface area contributed by atoms with Gasteiger partial charge in [0.05, 0.1) is 19.3 Å². The van der Waals surface area contributed by atoms with Gasteiger partial charge in [0.25, 0.3) is 5.91 Å². The summed E-state index contributed by atoms with van der Waals surface area (Å²) in [6.45, 7) is 1.05.